The number of hydrogen-bond acceptors (Lipinski definition) is 3. The van der Waals surface area contributed by atoms with Gasteiger partial charge in [0.1, 0.15) is 0 Å². The number of morpholine rings is 1. The molecule has 6 heteroatoms. The largest absolute Gasteiger partial charge is 0.378 e. The molecule has 1 aromatic carbocycles. The predicted molar refractivity (Wildman–Crippen MR) is 82.4 cm³/mol. The number of hydrogen-bond donors (Lipinski definition) is 1. The summed E-state index contributed by atoms with van der Waals surface area (Å²) in [5.41, 5.74) is 0.966. The zero-order chi connectivity index (χ0) is 13.7. The van der Waals surface area contributed by atoms with Gasteiger partial charge in [-0.1, -0.05) is 29.8 Å². The van der Waals surface area contributed by atoms with Crippen molar-refractivity contribution in [3.63, 3.8) is 0 Å². The van der Waals surface area contributed by atoms with Crippen LogP contribution in [0.4, 0.5) is 0 Å². The quantitative estimate of drug-likeness (QED) is 0.924. The second kappa shape index (κ2) is 8.47. The summed E-state index contributed by atoms with van der Waals surface area (Å²) < 4.78 is 5.35. The summed E-state index contributed by atoms with van der Waals surface area (Å²) in [4.78, 5) is 13.8. The molecule has 0 bridgehead atoms. The lowest BCUT2D eigenvalue weighted by molar-refractivity contribution is -0.131. The van der Waals surface area contributed by atoms with Gasteiger partial charge in [0, 0.05) is 37.6 Å². The lowest BCUT2D eigenvalue weighted by atomic mass is 10.1. The topological polar surface area (TPSA) is 41.6 Å². The zero-order valence-corrected chi connectivity index (χ0v) is 13.0. The van der Waals surface area contributed by atoms with E-state index in [-0.39, 0.29) is 24.4 Å². The summed E-state index contributed by atoms with van der Waals surface area (Å²) in [6, 6.07) is 7.71. The molecule has 1 aliphatic rings. The summed E-state index contributed by atoms with van der Waals surface area (Å²) >= 11 is 6.09. The van der Waals surface area contributed by atoms with Gasteiger partial charge in [-0.05, 0) is 11.6 Å². The molecule has 20 heavy (non-hydrogen) atoms. The fourth-order valence-electron chi connectivity index (χ4n) is 2.09. The molecular formula is C14H20Cl2N2O2. The van der Waals surface area contributed by atoms with Crippen molar-refractivity contribution >= 4 is 29.9 Å². The molecule has 1 fully saturated rings. The Balaban J connectivity index is 0.00000200. The van der Waals surface area contributed by atoms with Crippen molar-refractivity contribution in [3.8, 4) is 0 Å². The number of nitrogens with zero attached hydrogens (tertiary/aromatic N) is 1. The fourth-order valence-corrected chi connectivity index (χ4v) is 2.28. The Kier molecular flexibility index (Phi) is 7.30. The second-order valence-corrected chi connectivity index (χ2v) is 5.18. The third-order valence-electron chi connectivity index (χ3n) is 3.21. The number of amides is 1. The molecule has 0 aliphatic carbocycles. The maximum absolute atomic E-state index is 12.1. The molecular weight excluding hydrogens is 299 g/mol. The molecule has 0 spiro atoms. The van der Waals surface area contributed by atoms with Crippen LogP contribution in [-0.4, -0.2) is 43.7 Å². The summed E-state index contributed by atoms with van der Waals surface area (Å²) in [5.74, 6) is 0.0999. The van der Waals surface area contributed by atoms with Gasteiger partial charge in [0.15, 0.2) is 0 Å². The van der Waals surface area contributed by atoms with E-state index in [1.165, 1.54) is 0 Å². The first kappa shape index (κ1) is 17.2. The van der Waals surface area contributed by atoms with Crippen molar-refractivity contribution in [2.75, 3.05) is 26.8 Å². The maximum Gasteiger partial charge on any atom is 0.224 e. The van der Waals surface area contributed by atoms with Gasteiger partial charge < -0.3 is 15.0 Å². The van der Waals surface area contributed by atoms with E-state index < -0.39 is 0 Å². The van der Waals surface area contributed by atoms with Gasteiger partial charge in [0.25, 0.3) is 0 Å². The van der Waals surface area contributed by atoms with Crippen LogP contribution in [0.2, 0.25) is 5.02 Å². The number of carbonyl (C=O) groups excluding carboxylic acids is 1. The minimum absolute atomic E-state index is 0. The van der Waals surface area contributed by atoms with Crippen LogP contribution in [0.3, 0.4) is 0 Å². The predicted octanol–water partition coefficient (Wildman–Crippen LogP) is 2.10. The summed E-state index contributed by atoms with van der Waals surface area (Å²) in [5, 5.41) is 3.98. The summed E-state index contributed by atoms with van der Waals surface area (Å²) in [6.07, 6.45) is 0.459. The van der Waals surface area contributed by atoms with Crippen LogP contribution in [0.5, 0.6) is 0 Å². The molecule has 1 atom stereocenters. The standard InChI is InChI=1S/C14H19ClN2O2.ClH/c1-17(9-11-4-2-3-5-13(11)15)14(18)8-12-10-19-7-6-16-12;/h2-5,12,16H,6-10H2,1H3;1H. The number of nitrogens with one attached hydrogen (secondary N) is 1. The lowest BCUT2D eigenvalue weighted by Crippen LogP contribution is -2.44. The Morgan fingerprint density at radius 3 is 2.90 bits per heavy atom. The Labute approximate surface area is 130 Å². The summed E-state index contributed by atoms with van der Waals surface area (Å²) in [7, 11) is 1.80. The highest BCUT2D eigenvalue weighted by Crippen LogP contribution is 2.17. The SMILES string of the molecule is CN(Cc1ccccc1Cl)C(=O)CC1COCCN1.Cl. The first-order valence-electron chi connectivity index (χ1n) is 6.45. The van der Waals surface area contributed by atoms with Gasteiger partial charge >= 0.3 is 0 Å². The minimum atomic E-state index is 0. The molecule has 112 valence electrons. The molecule has 2 rings (SSSR count). The minimum Gasteiger partial charge on any atom is -0.378 e. The van der Waals surface area contributed by atoms with Gasteiger partial charge in [-0.25, -0.2) is 0 Å². The molecule has 0 saturated carbocycles. The molecule has 0 radical (unpaired) electrons. The van der Waals surface area contributed by atoms with Crippen LogP contribution < -0.4 is 5.32 Å². The molecule has 1 amide bonds. The lowest BCUT2D eigenvalue weighted by Gasteiger charge is -2.26. The van der Waals surface area contributed by atoms with E-state index in [1.807, 2.05) is 24.3 Å². The third kappa shape index (κ3) is 4.94. The molecule has 1 N–H and O–H groups in total. The highest BCUT2D eigenvalue weighted by molar-refractivity contribution is 6.31. The Bertz CT molecular complexity index is 437. The maximum atomic E-state index is 12.1. The van der Waals surface area contributed by atoms with E-state index in [4.69, 9.17) is 16.3 Å². The third-order valence-corrected chi connectivity index (χ3v) is 3.58. The molecule has 1 heterocycles. The smallest absolute Gasteiger partial charge is 0.224 e. The van der Waals surface area contributed by atoms with Crippen molar-refractivity contribution in [3.05, 3.63) is 34.9 Å². The van der Waals surface area contributed by atoms with E-state index >= 15 is 0 Å². The van der Waals surface area contributed by atoms with E-state index in [2.05, 4.69) is 5.32 Å². The van der Waals surface area contributed by atoms with E-state index in [1.54, 1.807) is 11.9 Å². The van der Waals surface area contributed by atoms with Gasteiger partial charge in [-0.2, -0.15) is 0 Å². The molecule has 4 nitrogen and oxygen atoms in total. The first-order valence-corrected chi connectivity index (χ1v) is 6.83. The van der Waals surface area contributed by atoms with E-state index in [9.17, 15) is 4.79 Å². The number of halogens is 2. The van der Waals surface area contributed by atoms with Crippen LogP contribution >= 0.6 is 24.0 Å². The van der Waals surface area contributed by atoms with Crippen molar-refractivity contribution < 1.29 is 9.53 Å². The first-order chi connectivity index (χ1) is 9.16. The Hall–Kier alpha value is -0.810. The fraction of sp³-hybridized carbons (Fsp3) is 0.500. The Morgan fingerprint density at radius 2 is 2.25 bits per heavy atom. The van der Waals surface area contributed by atoms with Crippen LogP contribution in [-0.2, 0) is 16.1 Å². The van der Waals surface area contributed by atoms with Gasteiger partial charge in [-0.3, -0.25) is 4.79 Å². The van der Waals surface area contributed by atoms with E-state index in [0.29, 0.717) is 24.6 Å². The number of rotatable bonds is 4. The molecule has 1 unspecified atom stereocenters. The number of ether oxygens (including phenoxy) is 1. The monoisotopic (exact) mass is 318 g/mol. The number of carbonyl (C=O) groups is 1. The summed E-state index contributed by atoms with van der Waals surface area (Å²) in [6.45, 7) is 2.67. The van der Waals surface area contributed by atoms with E-state index in [0.717, 1.165) is 18.7 Å². The van der Waals surface area contributed by atoms with Gasteiger partial charge in [0.2, 0.25) is 5.91 Å². The molecule has 1 aliphatic heterocycles. The Morgan fingerprint density at radius 1 is 1.50 bits per heavy atom. The van der Waals surface area contributed by atoms with Gasteiger partial charge in [-0.15, -0.1) is 12.4 Å². The number of benzene rings is 1. The van der Waals surface area contributed by atoms with Crippen molar-refractivity contribution in [2.24, 2.45) is 0 Å². The highest BCUT2D eigenvalue weighted by atomic mass is 35.5. The van der Waals surface area contributed by atoms with Crippen LogP contribution in [0, 0.1) is 0 Å². The second-order valence-electron chi connectivity index (χ2n) is 4.77. The normalized spacial score (nSPS) is 18.2. The average Bonchev–Trinajstić information content (AvgIpc) is 2.42. The molecule has 1 aromatic rings. The zero-order valence-electron chi connectivity index (χ0n) is 11.5. The van der Waals surface area contributed by atoms with Crippen molar-refractivity contribution in [1.82, 2.24) is 10.2 Å². The van der Waals surface area contributed by atoms with Crippen LogP contribution in [0.15, 0.2) is 24.3 Å². The van der Waals surface area contributed by atoms with Crippen molar-refractivity contribution in [2.45, 2.75) is 19.0 Å². The van der Waals surface area contributed by atoms with Crippen LogP contribution in [0.25, 0.3) is 0 Å². The molecule has 1 saturated heterocycles. The average molecular weight is 319 g/mol. The van der Waals surface area contributed by atoms with Crippen LogP contribution in [0.1, 0.15) is 12.0 Å². The highest BCUT2D eigenvalue weighted by Gasteiger charge is 2.19. The van der Waals surface area contributed by atoms with Crippen molar-refractivity contribution in [1.29, 1.82) is 0 Å². The molecule has 0 aromatic heterocycles. The van der Waals surface area contributed by atoms with Gasteiger partial charge in [0.05, 0.1) is 13.2 Å².